The second kappa shape index (κ2) is 57.1. The van der Waals surface area contributed by atoms with E-state index in [1.54, 1.807) is 0 Å². The summed E-state index contributed by atoms with van der Waals surface area (Å²) >= 11 is 0. The van der Waals surface area contributed by atoms with Crippen molar-refractivity contribution in [1.82, 2.24) is 0 Å². The molecule has 11 nitrogen and oxygen atoms in total. The van der Waals surface area contributed by atoms with E-state index in [0.29, 0.717) is 19.3 Å². The Labute approximate surface area is 462 Å². The van der Waals surface area contributed by atoms with Crippen molar-refractivity contribution in [2.75, 3.05) is 26.4 Å². The molecule has 0 fully saturated rings. The van der Waals surface area contributed by atoms with Gasteiger partial charge in [-0.05, 0) is 122 Å². The first kappa shape index (κ1) is 71.9. The first-order valence-corrected chi connectivity index (χ1v) is 30.9. The van der Waals surface area contributed by atoms with Crippen LogP contribution in [0.2, 0.25) is 0 Å². The highest BCUT2D eigenvalue weighted by atomic mass is 31.2. The Balaban J connectivity index is 4.83. The van der Waals surface area contributed by atoms with Gasteiger partial charge in [0.05, 0.1) is 19.8 Å². The highest BCUT2D eigenvalue weighted by Crippen LogP contribution is 2.43. The Kier molecular flexibility index (Phi) is 54.0. The smallest absolute Gasteiger partial charge is 0.462 e. The lowest BCUT2D eigenvalue weighted by Crippen LogP contribution is -2.30. The maximum Gasteiger partial charge on any atom is 0.472 e. The van der Waals surface area contributed by atoms with Crippen LogP contribution in [0, 0.1) is 0 Å². The predicted octanol–water partition coefficient (Wildman–Crippen LogP) is 17.6. The SMILES string of the molecule is CC/C=C\C/C=C\C/C=C\C/C=C\C/C=C\CCCCCC(=O)OC(COC(=O)CCCCCCCCC/C=C\C/C=C\C/C=C\CC)COP(=O)(O)OCC(CO)OC(=O)CCCCCCC/C=C\C/C=C\CCC. The molecule has 0 aliphatic carbocycles. The quantitative estimate of drug-likeness (QED) is 0.0197. The number of aliphatic hydroxyl groups is 1. The number of carbonyl (C=O) groups is 3. The van der Waals surface area contributed by atoms with Gasteiger partial charge in [0.1, 0.15) is 12.7 Å². The molecule has 3 atom stereocenters. The van der Waals surface area contributed by atoms with Gasteiger partial charge in [-0.15, -0.1) is 0 Å². The van der Waals surface area contributed by atoms with Gasteiger partial charge in [0.25, 0.3) is 0 Å². The van der Waals surface area contributed by atoms with Gasteiger partial charge in [0, 0.05) is 19.3 Å². The van der Waals surface area contributed by atoms with Crippen molar-refractivity contribution in [3.63, 3.8) is 0 Å². The average Bonchev–Trinajstić information content (AvgIpc) is 3.41. The third-order valence-electron chi connectivity index (χ3n) is 11.8. The fourth-order valence-corrected chi connectivity index (χ4v) is 8.22. The maximum atomic E-state index is 12.9. The Morgan fingerprint density at radius 1 is 0.382 bits per heavy atom. The van der Waals surface area contributed by atoms with Gasteiger partial charge in [-0.3, -0.25) is 23.4 Å². The van der Waals surface area contributed by atoms with Crippen LogP contribution in [0.1, 0.15) is 226 Å². The van der Waals surface area contributed by atoms with E-state index in [4.69, 9.17) is 23.3 Å². The largest absolute Gasteiger partial charge is 0.472 e. The highest BCUT2D eigenvalue weighted by molar-refractivity contribution is 7.47. The van der Waals surface area contributed by atoms with Crippen molar-refractivity contribution < 1.29 is 52.2 Å². The molecule has 0 amide bonds. The minimum Gasteiger partial charge on any atom is -0.462 e. The zero-order valence-corrected chi connectivity index (χ0v) is 48.6. The van der Waals surface area contributed by atoms with Crippen molar-refractivity contribution >= 4 is 25.7 Å². The predicted molar refractivity (Wildman–Crippen MR) is 316 cm³/mol. The minimum absolute atomic E-state index is 0.119. The second-order valence-corrected chi connectivity index (χ2v) is 20.5. The summed E-state index contributed by atoms with van der Waals surface area (Å²) in [5, 5.41) is 9.81. The van der Waals surface area contributed by atoms with Crippen molar-refractivity contribution in [3.05, 3.63) is 122 Å². The standard InChI is InChI=1S/C64H105O11P/c1-4-7-10-13-16-19-22-25-27-29-30-32-34-37-40-43-46-49-52-55-64(68)75-61(57-71-62(66)53-50-47-44-41-38-36-33-31-28-26-23-20-17-14-11-8-5-2)59-73-76(69,70)72-58-60(56-65)74-63(67)54-51-48-45-42-39-35-24-21-18-15-12-9-6-3/h7-8,10-12,15-17,19-21,24-28,30,32,37,40,60-61,65H,4-6,9,13-14,18,22-23,29,31,33-36,38-39,41-59H2,1-3H3,(H,69,70)/b10-7-,11-8-,15-12-,19-16-,20-17-,24-21-,27-25-,28-26-,32-30-,40-37-. The summed E-state index contributed by atoms with van der Waals surface area (Å²) < 4.78 is 39.5. The normalized spacial score (nSPS) is 14.2. The monoisotopic (exact) mass is 1080 g/mol. The summed E-state index contributed by atoms with van der Waals surface area (Å²) in [6, 6.07) is 0. The van der Waals surface area contributed by atoms with Crippen molar-refractivity contribution in [3.8, 4) is 0 Å². The summed E-state index contributed by atoms with van der Waals surface area (Å²) in [5.41, 5.74) is 0. The Morgan fingerprint density at radius 2 is 0.684 bits per heavy atom. The molecule has 0 saturated heterocycles. The molecular weight excluding hydrogens is 976 g/mol. The molecule has 0 aromatic heterocycles. The molecule has 0 bridgehead atoms. The van der Waals surface area contributed by atoms with Crippen LogP contribution in [-0.2, 0) is 42.2 Å². The number of rotatable bonds is 53. The fourth-order valence-electron chi connectivity index (χ4n) is 7.43. The van der Waals surface area contributed by atoms with Gasteiger partial charge in [-0.1, -0.05) is 206 Å². The molecule has 0 saturated carbocycles. The summed E-state index contributed by atoms with van der Waals surface area (Å²) in [7, 11) is -4.77. The molecule has 76 heavy (non-hydrogen) atoms. The van der Waals surface area contributed by atoms with Gasteiger partial charge in [0.15, 0.2) is 6.10 Å². The Bertz CT molecular complexity index is 1740. The highest BCUT2D eigenvalue weighted by Gasteiger charge is 2.28. The molecule has 2 N–H and O–H groups in total. The molecule has 12 heteroatoms. The van der Waals surface area contributed by atoms with Crippen molar-refractivity contribution in [2.24, 2.45) is 0 Å². The number of hydrogen-bond acceptors (Lipinski definition) is 10. The topological polar surface area (TPSA) is 155 Å². The molecule has 0 radical (unpaired) electrons. The summed E-state index contributed by atoms with van der Waals surface area (Å²) in [6.07, 6.45) is 70.1. The molecule has 0 aromatic rings. The molecular formula is C64H105O11P. The van der Waals surface area contributed by atoms with E-state index in [1.807, 2.05) is 0 Å². The molecule has 0 rings (SSSR count). The van der Waals surface area contributed by atoms with E-state index < -0.39 is 57.8 Å². The average molecular weight is 1080 g/mol. The van der Waals surface area contributed by atoms with Crippen molar-refractivity contribution in [2.45, 2.75) is 238 Å². The van der Waals surface area contributed by atoms with Gasteiger partial charge >= 0.3 is 25.7 Å². The number of ether oxygens (including phenoxy) is 3. The van der Waals surface area contributed by atoms with E-state index in [1.165, 1.54) is 12.8 Å². The first-order valence-electron chi connectivity index (χ1n) is 29.4. The van der Waals surface area contributed by atoms with E-state index in [9.17, 15) is 28.9 Å². The fraction of sp³-hybridized carbons (Fsp3) is 0.641. The van der Waals surface area contributed by atoms with E-state index in [-0.39, 0.29) is 25.9 Å². The molecule has 0 spiro atoms. The third-order valence-corrected chi connectivity index (χ3v) is 12.8. The number of phosphoric acid groups is 1. The molecule has 3 unspecified atom stereocenters. The number of phosphoric ester groups is 1. The first-order chi connectivity index (χ1) is 37.2. The summed E-state index contributed by atoms with van der Waals surface area (Å²) in [4.78, 5) is 48.6. The molecule has 432 valence electrons. The van der Waals surface area contributed by atoms with Crippen LogP contribution in [0.25, 0.3) is 0 Å². The molecule has 0 aliphatic rings. The maximum absolute atomic E-state index is 12.9. The van der Waals surface area contributed by atoms with Gasteiger partial charge in [-0.2, -0.15) is 0 Å². The lowest BCUT2D eigenvalue weighted by molar-refractivity contribution is -0.161. The minimum atomic E-state index is -4.77. The van der Waals surface area contributed by atoms with Crippen LogP contribution < -0.4 is 0 Å². The van der Waals surface area contributed by atoms with E-state index >= 15 is 0 Å². The number of hydrogen-bond donors (Lipinski definition) is 2. The van der Waals surface area contributed by atoms with Gasteiger partial charge in [0.2, 0.25) is 0 Å². The Hall–Kier alpha value is -4.12. The number of unbranched alkanes of at least 4 members (excludes halogenated alkanes) is 16. The van der Waals surface area contributed by atoms with E-state index in [0.717, 1.165) is 154 Å². The van der Waals surface area contributed by atoms with Crippen LogP contribution in [0.15, 0.2) is 122 Å². The van der Waals surface area contributed by atoms with Gasteiger partial charge in [-0.25, -0.2) is 4.57 Å². The zero-order chi connectivity index (χ0) is 55.5. The lowest BCUT2D eigenvalue weighted by atomic mass is 10.1. The third kappa shape index (κ3) is 54.7. The summed E-state index contributed by atoms with van der Waals surface area (Å²) in [5.74, 6) is -1.54. The van der Waals surface area contributed by atoms with Crippen LogP contribution in [0.5, 0.6) is 0 Å². The van der Waals surface area contributed by atoms with Crippen LogP contribution >= 0.6 is 7.82 Å². The molecule has 0 aliphatic heterocycles. The number of esters is 3. The zero-order valence-electron chi connectivity index (χ0n) is 47.7. The van der Waals surface area contributed by atoms with Crippen molar-refractivity contribution in [1.29, 1.82) is 0 Å². The Morgan fingerprint density at radius 3 is 1.07 bits per heavy atom. The van der Waals surface area contributed by atoms with E-state index in [2.05, 4.69) is 142 Å². The number of aliphatic hydroxyl groups excluding tert-OH is 1. The van der Waals surface area contributed by atoms with Crippen LogP contribution in [0.3, 0.4) is 0 Å². The molecule has 0 aromatic carbocycles. The molecule has 0 heterocycles. The van der Waals surface area contributed by atoms with Gasteiger partial charge < -0.3 is 24.2 Å². The number of allylic oxidation sites excluding steroid dienone is 20. The van der Waals surface area contributed by atoms with Crippen LogP contribution in [0.4, 0.5) is 0 Å². The second-order valence-electron chi connectivity index (χ2n) is 19.0. The number of carbonyl (C=O) groups excluding carboxylic acids is 3. The summed E-state index contributed by atoms with van der Waals surface area (Å²) in [6.45, 7) is 4.28. The lowest BCUT2D eigenvalue weighted by Gasteiger charge is -2.21. The van der Waals surface area contributed by atoms with Crippen LogP contribution in [-0.4, -0.2) is 66.5 Å².